The summed E-state index contributed by atoms with van der Waals surface area (Å²) in [4.78, 5) is 28.1. The molecule has 3 rings (SSSR count). The van der Waals surface area contributed by atoms with E-state index >= 15 is 0 Å². The summed E-state index contributed by atoms with van der Waals surface area (Å²) in [5.74, 6) is -0.549. The molecule has 1 saturated heterocycles. The van der Waals surface area contributed by atoms with Crippen LogP contribution in [-0.2, 0) is 25.8 Å². The predicted molar refractivity (Wildman–Crippen MR) is 97.5 cm³/mol. The summed E-state index contributed by atoms with van der Waals surface area (Å²) in [6.07, 6.45) is 8.71. The van der Waals surface area contributed by atoms with E-state index in [1.165, 1.54) is 25.7 Å². The van der Waals surface area contributed by atoms with Crippen LogP contribution in [0.25, 0.3) is 0 Å². The Hall–Kier alpha value is -1.97. The maximum atomic E-state index is 12.4. The Labute approximate surface area is 159 Å². The molecule has 27 heavy (non-hydrogen) atoms. The van der Waals surface area contributed by atoms with Gasteiger partial charge in [0.2, 0.25) is 21.7 Å². The third kappa shape index (κ3) is 5.50. The number of aryl methyl sites for hydroxylation is 1. The van der Waals surface area contributed by atoms with E-state index in [2.05, 4.69) is 25.8 Å². The fourth-order valence-corrected chi connectivity index (χ4v) is 4.71. The van der Waals surface area contributed by atoms with Gasteiger partial charge in [0.15, 0.2) is 0 Å². The maximum absolute atomic E-state index is 12.4. The third-order valence-electron chi connectivity index (χ3n) is 5.25. The Morgan fingerprint density at radius 3 is 2.67 bits per heavy atom. The van der Waals surface area contributed by atoms with Gasteiger partial charge in [0.25, 0.3) is 5.16 Å². The first-order chi connectivity index (χ1) is 12.9. The van der Waals surface area contributed by atoms with Gasteiger partial charge in [-0.15, -0.1) is 5.10 Å². The molecule has 1 aliphatic heterocycles. The van der Waals surface area contributed by atoms with Gasteiger partial charge in [0, 0.05) is 13.0 Å². The minimum atomic E-state index is -3.95. The van der Waals surface area contributed by atoms with Crippen LogP contribution in [0, 0.1) is 5.92 Å². The Bertz CT molecular complexity index is 770. The predicted octanol–water partition coefficient (Wildman–Crippen LogP) is 0.486. The van der Waals surface area contributed by atoms with Crippen LogP contribution >= 0.6 is 0 Å². The minimum absolute atomic E-state index is 0.273. The van der Waals surface area contributed by atoms with Crippen molar-refractivity contribution in [2.24, 2.45) is 5.92 Å². The Balaban J connectivity index is 1.54. The fraction of sp³-hybridized carbons (Fsp3) is 0.765. The van der Waals surface area contributed by atoms with Crippen LogP contribution < -0.4 is 10.6 Å². The smallest absolute Gasteiger partial charge is 0.267 e. The number of rotatable bonds is 7. The Morgan fingerprint density at radius 1 is 1.15 bits per heavy atom. The summed E-state index contributed by atoms with van der Waals surface area (Å²) >= 11 is 0. The molecule has 0 radical (unpaired) electrons. The lowest BCUT2D eigenvalue weighted by atomic mass is 10.0. The molecule has 1 atom stereocenters. The van der Waals surface area contributed by atoms with Crippen LogP contribution in [0.15, 0.2) is 5.16 Å². The van der Waals surface area contributed by atoms with Crippen molar-refractivity contribution in [1.29, 1.82) is 0 Å². The second-order valence-corrected chi connectivity index (χ2v) is 9.30. The number of hydrogen-bond acceptors (Lipinski definition) is 6. The average Bonchev–Trinajstić information content (AvgIpc) is 3.26. The summed E-state index contributed by atoms with van der Waals surface area (Å²) in [6.45, 7) is 0.574. The molecule has 0 spiro atoms. The van der Waals surface area contributed by atoms with Crippen LogP contribution in [0.4, 0.5) is 0 Å². The molecule has 9 nitrogen and oxygen atoms in total. The summed E-state index contributed by atoms with van der Waals surface area (Å²) < 4.78 is 24.8. The number of carbonyl (C=O) groups is 2. The van der Waals surface area contributed by atoms with Crippen molar-refractivity contribution in [2.45, 2.75) is 69.0 Å². The molecule has 3 N–H and O–H groups in total. The van der Waals surface area contributed by atoms with Gasteiger partial charge in [-0.05, 0) is 31.6 Å². The van der Waals surface area contributed by atoms with Gasteiger partial charge in [-0.2, -0.15) is 0 Å². The zero-order valence-electron chi connectivity index (χ0n) is 15.4. The normalized spacial score (nSPS) is 21.6. The van der Waals surface area contributed by atoms with Crippen molar-refractivity contribution in [3.63, 3.8) is 0 Å². The van der Waals surface area contributed by atoms with Gasteiger partial charge in [0.1, 0.15) is 17.6 Å². The third-order valence-corrected chi connectivity index (χ3v) is 6.63. The molecular weight excluding hydrogens is 370 g/mol. The molecule has 1 aromatic rings. The van der Waals surface area contributed by atoms with E-state index in [0.717, 1.165) is 19.3 Å². The van der Waals surface area contributed by atoms with Gasteiger partial charge in [-0.25, -0.2) is 13.4 Å². The highest BCUT2D eigenvalue weighted by Crippen LogP contribution is 2.28. The van der Waals surface area contributed by atoms with Crippen molar-refractivity contribution in [3.8, 4) is 0 Å². The topological polar surface area (TPSA) is 134 Å². The number of H-pyrrole nitrogens is 1. The summed E-state index contributed by atoms with van der Waals surface area (Å²) in [7, 11) is -3.95. The molecular formula is C17H27N5O4S. The monoisotopic (exact) mass is 397 g/mol. The highest BCUT2D eigenvalue weighted by molar-refractivity contribution is 7.91. The molecule has 2 heterocycles. The second kappa shape index (κ2) is 8.81. The lowest BCUT2D eigenvalue weighted by molar-refractivity contribution is -0.127. The molecule has 2 amide bonds. The Morgan fingerprint density at radius 2 is 1.89 bits per heavy atom. The maximum Gasteiger partial charge on any atom is 0.267 e. The van der Waals surface area contributed by atoms with E-state index in [-0.39, 0.29) is 11.1 Å². The SMILES string of the molecule is O=C(CS(=O)(=O)c1n[nH]c(CCC2CCCC2)n1)NC1CCCCNC1=O. The molecule has 150 valence electrons. The van der Waals surface area contributed by atoms with E-state index in [1.807, 2.05) is 0 Å². The van der Waals surface area contributed by atoms with E-state index < -0.39 is 27.5 Å². The average molecular weight is 398 g/mol. The first kappa shape index (κ1) is 19.8. The number of aromatic nitrogens is 3. The van der Waals surface area contributed by atoms with Gasteiger partial charge < -0.3 is 10.6 Å². The molecule has 2 aliphatic rings. The van der Waals surface area contributed by atoms with Gasteiger partial charge in [-0.3, -0.25) is 14.7 Å². The molecule has 1 aliphatic carbocycles. The van der Waals surface area contributed by atoms with Crippen molar-refractivity contribution in [3.05, 3.63) is 5.82 Å². The number of nitrogens with zero attached hydrogens (tertiary/aromatic N) is 2. The molecule has 10 heteroatoms. The number of hydrogen-bond donors (Lipinski definition) is 3. The summed E-state index contributed by atoms with van der Waals surface area (Å²) in [5.41, 5.74) is 0. The second-order valence-electron chi connectivity index (χ2n) is 7.42. The lowest BCUT2D eigenvalue weighted by Crippen LogP contribution is -2.47. The van der Waals surface area contributed by atoms with Crippen molar-refractivity contribution in [1.82, 2.24) is 25.8 Å². The molecule has 1 unspecified atom stereocenters. The molecule has 0 aromatic carbocycles. The van der Waals surface area contributed by atoms with E-state index in [0.29, 0.717) is 31.1 Å². The molecule has 0 bridgehead atoms. The van der Waals surface area contributed by atoms with E-state index in [1.54, 1.807) is 0 Å². The standard InChI is InChI=1S/C17H27N5O4S/c23-15(19-13-7-3-4-10-18-16(13)24)11-27(25,26)17-20-14(21-22-17)9-8-12-5-1-2-6-12/h12-13H,1-11H2,(H,18,24)(H,19,23)(H,20,21,22). The largest absolute Gasteiger partial charge is 0.354 e. The van der Waals surface area contributed by atoms with Crippen LogP contribution in [0.3, 0.4) is 0 Å². The van der Waals surface area contributed by atoms with E-state index in [4.69, 9.17) is 0 Å². The first-order valence-corrected chi connectivity index (χ1v) is 11.3. The van der Waals surface area contributed by atoms with Crippen LogP contribution in [-0.4, -0.2) is 53.8 Å². The zero-order chi connectivity index (χ0) is 19.3. The van der Waals surface area contributed by atoms with Crippen LogP contribution in [0.2, 0.25) is 0 Å². The summed E-state index contributed by atoms with van der Waals surface area (Å²) in [6, 6.07) is -0.690. The van der Waals surface area contributed by atoms with Crippen molar-refractivity contribution < 1.29 is 18.0 Å². The van der Waals surface area contributed by atoms with Crippen LogP contribution in [0.5, 0.6) is 0 Å². The lowest BCUT2D eigenvalue weighted by Gasteiger charge is -2.14. The van der Waals surface area contributed by atoms with Gasteiger partial charge >= 0.3 is 0 Å². The number of carbonyl (C=O) groups excluding carboxylic acids is 2. The first-order valence-electron chi connectivity index (χ1n) is 9.65. The quantitative estimate of drug-likeness (QED) is 0.613. The van der Waals surface area contributed by atoms with Gasteiger partial charge in [0.05, 0.1) is 0 Å². The summed E-state index contributed by atoms with van der Waals surface area (Å²) in [5, 5.41) is 11.3. The number of amides is 2. The minimum Gasteiger partial charge on any atom is -0.354 e. The van der Waals surface area contributed by atoms with Crippen molar-refractivity contribution >= 4 is 21.7 Å². The van der Waals surface area contributed by atoms with Crippen molar-refractivity contribution in [2.75, 3.05) is 12.3 Å². The van der Waals surface area contributed by atoms with E-state index in [9.17, 15) is 18.0 Å². The number of aromatic amines is 1. The number of nitrogens with one attached hydrogen (secondary N) is 3. The highest BCUT2D eigenvalue weighted by Gasteiger charge is 2.28. The molecule has 1 aromatic heterocycles. The highest BCUT2D eigenvalue weighted by atomic mass is 32.2. The molecule has 2 fully saturated rings. The fourth-order valence-electron chi connectivity index (χ4n) is 3.72. The Kier molecular flexibility index (Phi) is 6.46. The zero-order valence-corrected chi connectivity index (χ0v) is 16.2. The molecule has 1 saturated carbocycles. The number of sulfone groups is 1. The van der Waals surface area contributed by atoms with Gasteiger partial charge in [-0.1, -0.05) is 25.7 Å². The van der Waals surface area contributed by atoms with Crippen LogP contribution in [0.1, 0.15) is 57.2 Å².